The quantitative estimate of drug-likeness (QED) is 0.607. The van der Waals surface area contributed by atoms with Crippen molar-refractivity contribution in [3.05, 3.63) is 35.4 Å². The Morgan fingerprint density at radius 1 is 1.15 bits per heavy atom. The van der Waals surface area contributed by atoms with E-state index in [2.05, 4.69) is 9.47 Å². The summed E-state index contributed by atoms with van der Waals surface area (Å²) in [6.45, 7) is 0. The lowest BCUT2D eigenvalue weighted by molar-refractivity contribution is 0.0924. The highest BCUT2D eigenvalue weighted by Crippen LogP contribution is 2.03. The van der Waals surface area contributed by atoms with Gasteiger partial charge in [-0.1, -0.05) is 29.8 Å². The fourth-order valence-electron chi connectivity index (χ4n) is 0.498. The highest BCUT2D eigenvalue weighted by Gasteiger charge is 1.88. The van der Waals surface area contributed by atoms with Gasteiger partial charge in [0.15, 0.2) is 0 Å². The summed E-state index contributed by atoms with van der Waals surface area (Å²) in [6, 6.07) is 9.44. The highest BCUT2D eigenvalue weighted by molar-refractivity contribution is 6.30. The van der Waals surface area contributed by atoms with Crippen molar-refractivity contribution in [2.75, 3.05) is 14.2 Å². The van der Waals surface area contributed by atoms with Crippen LogP contribution in [-0.2, 0) is 9.47 Å². The second kappa shape index (κ2) is 7.43. The molecule has 4 heteroatoms. The molecule has 1 rings (SSSR count). The molecule has 72 valence electrons. The maximum Gasteiger partial charge on any atom is 0.507 e. The first-order chi connectivity index (χ1) is 6.20. The Morgan fingerprint density at radius 2 is 1.62 bits per heavy atom. The molecule has 0 aliphatic heterocycles. The number of hydrogen-bond donors (Lipinski definition) is 0. The van der Waals surface area contributed by atoms with Gasteiger partial charge in [0.25, 0.3) is 0 Å². The predicted octanol–water partition coefficient (Wildman–Crippen LogP) is 2.74. The van der Waals surface area contributed by atoms with Crippen molar-refractivity contribution in [1.82, 2.24) is 0 Å². The van der Waals surface area contributed by atoms with Crippen LogP contribution in [0.3, 0.4) is 0 Å². The molecule has 13 heavy (non-hydrogen) atoms. The summed E-state index contributed by atoms with van der Waals surface area (Å²) in [6.07, 6.45) is -0.657. The van der Waals surface area contributed by atoms with Gasteiger partial charge in [0.2, 0.25) is 0 Å². The van der Waals surface area contributed by atoms with Gasteiger partial charge in [-0.15, -0.1) is 0 Å². The number of benzene rings is 1. The molecule has 0 aromatic heterocycles. The van der Waals surface area contributed by atoms with E-state index < -0.39 is 6.16 Å². The van der Waals surface area contributed by atoms with Crippen molar-refractivity contribution in [3.8, 4) is 0 Å². The van der Waals surface area contributed by atoms with Gasteiger partial charge in [0.1, 0.15) is 0 Å². The standard InChI is InChI=1S/C6H5Cl.C3H6O3/c7-6-4-2-1-3-5-6;1-5-3(4)6-2/h1-5H;1-2H3. The lowest BCUT2D eigenvalue weighted by Gasteiger charge is -1.89. The minimum atomic E-state index is -0.657. The number of ether oxygens (including phenoxy) is 2. The van der Waals surface area contributed by atoms with Gasteiger partial charge in [-0.3, -0.25) is 0 Å². The van der Waals surface area contributed by atoms with Crippen LogP contribution in [0.25, 0.3) is 0 Å². The smallest absolute Gasteiger partial charge is 0.438 e. The second-order valence-corrected chi connectivity index (χ2v) is 2.39. The summed E-state index contributed by atoms with van der Waals surface area (Å²) < 4.78 is 8.08. The van der Waals surface area contributed by atoms with E-state index >= 15 is 0 Å². The van der Waals surface area contributed by atoms with Crippen molar-refractivity contribution in [3.63, 3.8) is 0 Å². The third kappa shape index (κ3) is 7.15. The summed E-state index contributed by atoms with van der Waals surface area (Å²) >= 11 is 5.54. The van der Waals surface area contributed by atoms with Crippen LogP contribution in [0.1, 0.15) is 0 Å². The molecule has 0 bridgehead atoms. The molecule has 0 aliphatic carbocycles. The summed E-state index contributed by atoms with van der Waals surface area (Å²) in [7, 11) is 2.51. The first-order valence-corrected chi connectivity index (χ1v) is 3.91. The monoisotopic (exact) mass is 202 g/mol. The molecule has 0 saturated heterocycles. The van der Waals surface area contributed by atoms with Gasteiger partial charge in [0, 0.05) is 5.02 Å². The Balaban J connectivity index is 0.000000226. The van der Waals surface area contributed by atoms with Crippen LogP contribution < -0.4 is 0 Å². The number of carbonyl (C=O) groups excluding carboxylic acids is 1. The molecule has 0 amide bonds. The first-order valence-electron chi connectivity index (χ1n) is 3.53. The first kappa shape index (κ1) is 11.8. The number of halogens is 1. The van der Waals surface area contributed by atoms with Crippen molar-refractivity contribution in [2.45, 2.75) is 0 Å². The van der Waals surface area contributed by atoms with Crippen LogP contribution in [-0.4, -0.2) is 20.4 Å². The molecule has 3 nitrogen and oxygen atoms in total. The molecular weight excluding hydrogens is 192 g/mol. The Morgan fingerprint density at radius 3 is 1.77 bits per heavy atom. The SMILES string of the molecule is COC(=O)OC.Clc1ccccc1. The van der Waals surface area contributed by atoms with E-state index in [0.29, 0.717) is 0 Å². The summed E-state index contributed by atoms with van der Waals surface area (Å²) in [4.78, 5) is 9.74. The Labute approximate surface area is 82.2 Å². The third-order valence-electron chi connectivity index (χ3n) is 1.07. The van der Waals surface area contributed by atoms with Crippen LogP contribution in [0.2, 0.25) is 5.02 Å². The topological polar surface area (TPSA) is 35.5 Å². The normalized spacial score (nSPS) is 7.92. The van der Waals surface area contributed by atoms with E-state index in [0.717, 1.165) is 5.02 Å². The minimum Gasteiger partial charge on any atom is -0.438 e. The van der Waals surface area contributed by atoms with E-state index in [1.165, 1.54) is 14.2 Å². The van der Waals surface area contributed by atoms with Gasteiger partial charge < -0.3 is 9.47 Å². The Hall–Kier alpha value is -1.22. The van der Waals surface area contributed by atoms with Crippen molar-refractivity contribution >= 4 is 17.8 Å². The maximum atomic E-state index is 9.74. The van der Waals surface area contributed by atoms with E-state index in [9.17, 15) is 4.79 Å². The zero-order valence-corrected chi connectivity index (χ0v) is 8.25. The molecule has 0 heterocycles. The van der Waals surface area contributed by atoms with Gasteiger partial charge in [-0.25, -0.2) is 4.79 Å². The van der Waals surface area contributed by atoms with Gasteiger partial charge in [-0.2, -0.15) is 0 Å². The second-order valence-electron chi connectivity index (χ2n) is 1.95. The molecule has 0 fully saturated rings. The Bertz CT molecular complexity index is 230. The van der Waals surface area contributed by atoms with Gasteiger partial charge in [-0.05, 0) is 12.1 Å². The van der Waals surface area contributed by atoms with Gasteiger partial charge in [0.05, 0.1) is 14.2 Å². The third-order valence-corrected chi connectivity index (χ3v) is 1.32. The van der Waals surface area contributed by atoms with E-state index in [1.807, 2.05) is 30.3 Å². The molecule has 0 N–H and O–H groups in total. The van der Waals surface area contributed by atoms with Crippen molar-refractivity contribution in [1.29, 1.82) is 0 Å². The molecule has 1 aromatic rings. The van der Waals surface area contributed by atoms with E-state index in [4.69, 9.17) is 11.6 Å². The molecule has 0 spiro atoms. The molecule has 0 atom stereocenters. The van der Waals surface area contributed by atoms with Gasteiger partial charge >= 0.3 is 6.16 Å². The fraction of sp³-hybridized carbons (Fsp3) is 0.222. The summed E-state index contributed by atoms with van der Waals surface area (Å²) in [5.74, 6) is 0. The van der Waals surface area contributed by atoms with Crippen LogP contribution in [0.5, 0.6) is 0 Å². The van der Waals surface area contributed by atoms with Crippen molar-refractivity contribution in [2.24, 2.45) is 0 Å². The predicted molar refractivity (Wildman–Crippen MR) is 50.9 cm³/mol. The number of methoxy groups -OCH3 is 2. The average molecular weight is 203 g/mol. The van der Waals surface area contributed by atoms with Crippen LogP contribution >= 0.6 is 11.6 Å². The van der Waals surface area contributed by atoms with Crippen LogP contribution in [0, 0.1) is 0 Å². The Kier molecular flexibility index (Phi) is 6.73. The number of rotatable bonds is 0. The lowest BCUT2D eigenvalue weighted by atomic mass is 10.4. The number of carbonyl (C=O) groups is 1. The molecular formula is C9H11ClO3. The highest BCUT2D eigenvalue weighted by atomic mass is 35.5. The van der Waals surface area contributed by atoms with E-state index in [1.54, 1.807) is 0 Å². The average Bonchev–Trinajstić information content (AvgIpc) is 2.19. The molecule has 1 aromatic carbocycles. The lowest BCUT2D eigenvalue weighted by Crippen LogP contribution is -1.97. The molecule has 0 saturated carbocycles. The zero-order valence-electron chi connectivity index (χ0n) is 7.49. The summed E-state index contributed by atoms with van der Waals surface area (Å²) in [5.41, 5.74) is 0. The van der Waals surface area contributed by atoms with Crippen LogP contribution in [0.4, 0.5) is 4.79 Å². The van der Waals surface area contributed by atoms with Crippen LogP contribution in [0.15, 0.2) is 30.3 Å². The molecule has 0 unspecified atom stereocenters. The van der Waals surface area contributed by atoms with Crippen molar-refractivity contribution < 1.29 is 14.3 Å². The zero-order chi connectivity index (χ0) is 10.1. The minimum absolute atomic E-state index is 0.657. The van der Waals surface area contributed by atoms with E-state index in [-0.39, 0.29) is 0 Å². The fourth-order valence-corrected chi connectivity index (χ4v) is 0.643. The maximum absolute atomic E-state index is 9.74. The summed E-state index contributed by atoms with van der Waals surface area (Å²) in [5, 5.41) is 0.794. The molecule has 0 radical (unpaired) electrons. The number of hydrogen-bond acceptors (Lipinski definition) is 3. The molecule has 0 aliphatic rings. The largest absolute Gasteiger partial charge is 0.507 e.